The fourth-order valence-electron chi connectivity index (χ4n) is 5.13. The van der Waals surface area contributed by atoms with Crippen LogP contribution in [0.15, 0.2) is 54.6 Å². The molecule has 2 heterocycles. The maximum Gasteiger partial charge on any atom is 0.224 e. The first-order chi connectivity index (χ1) is 17.9. The van der Waals surface area contributed by atoms with Crippen molar-refractivity contribution < 1.29 is 9.53 Å². The van der Waals surface area contributed by atoms with Gasteiger partial charge < -0.3 is 21.1 Å². The van der Waals surface area contributed by atoms with Crippen LogP contribution in [0.25, 0.3) is 22.3 Å². The van der Waals surface area contributed by atoms with Crippen LogP contribution in [-0.4, -0.2) is 43.6 Å². The lowest BCUT2D eigenvalue weighted by molar-refractivity contribution is -0.132. The zero-order chi connectivity index (χ0) is 25.9. The first kappa shape index (κ1) is 24.5. The molecule has 0 spiro atoms. The van der Waals surface area contributed by atoms with Gasteiger partial charge in [0.1, 0.15) is 23.0 Å². The second kappa shape index (κ2) is 10.5. The quantitative estimate of drug-likeness (QED) is 0.358. The second-order valence-corrected chi connectivity index (χ2v) is 9.62. The Bertz CT molecular complexity index is 1380. The highest BCUT2D eigenvalue weighted by atomic mass is 16.5. The maximum atomic E-state index is 12.4. The number of rotatable bonds is 7. The van der Waals surface area contributed by atoms with Crippen LogP contribution < -0.4 is 16.2 Å². The van der Waals surface area contributed by atoms with Crippen LogP contribution in [0.2, 0.25) is 0 Å². The lowest BCUT2D eigenvalue weighted by Crippen LogP contribution is -2.39. The van der Waals surface area contributed by atoms with Crippen LogP contribution in [0.4, 0.5) is 11.8 Å². The first-order valence-corrected chi connectivity index (χ1v) is 12.8. The van der Waals surface area contributed by atoms with E-state index in [0.29, 0.717) is 23.3 Å². The molecule has 1 saturated carbocycles. The molecule has 0 atom stereocenters. The summed E-state index contributed by atoms with van der Waals surface area (Å²) in [6, 6.07) is 17.8. The first-order valence-electron chi connectivity index (χ1n) is 12.8. The van der Waals surface area contributed by atoms with Crippen LogP contribution >= 0.6 is 0 Å². The van der Waals surface area contributed by atoms with Crippen LogP contribution in [-0.2, 0) is 4.79 Å². The molecule has 37 heavy (non-hydrogen) atoms. The van der Waals surface area contributed by atoms with Gasteiger partial charge in [-0.2, -0.15) is 15.1 Å². The second-order valence-electron chi connectivity index (χ2n) is 9.62. The number of fused-ring (bicyclic) bond motifs is 1. The van der Waals surface area contributed by atoms with E-state index in [2.05, 4.69) is 9.97 Å². The predicted octanol–water partition coefficient (Wildman–Crippen LogP) is 5.19. The molecule has 2 aromatic heterocycles. The van der Waals surface area contributed by atoms with Gasteiger partial charge in [-0.1, -0.05) is 25.1 Å². The molecule has 2 aromatic carbocycles. The number of carbonyl (C=O) groups excluding carboxylic acids is 1. The van der Waals surface area contributed by atoms with Gasteiger partial charge >= 0.3 is 0 Å². The molecule has 9 heteroatoms. The summed E-state index contributed by atoms with van der Waals surface area (Å²) >= 11 is 0. The average molecular weight is 500 g/mol. The van der Waals surface area contributed by atoms with E-state index in [4.69, 9.17) is 21.3 Å². The molecule has 1 aliphatic carbocycles. The third kappa shape index (κ3) is 5.07. The number of hydrogen-bond acceptors (Lipinski definition) is 7. The summed E-state index contributed by atoms with van der Waals surface area (Å²) in [5.41, 5.74) is 14.6. The Morgan fingerprint density at radius 3 is 2.35 bits per heavy atom. The number of hydrogen-bond donors (Lipinski definition) is 2. The number of anilines is 2. The van der Waals surface area contributed by atoms with E-state index < -0.39 is 0 Å². The van der Waals surface area contributed by atoms with Gasteiger partial charge in [-0.05, 0) is 68.5 Å². The highest BCUT2D eigenvalue weighted by Crippen LogP contribution is 2.38. The molecule has 0 saturated heterocycles. The highest BCUT2D eigenvalue weighted by Gasteiger charge is 2.30. The minimum absolute atomic E-state index is 0.128. The normalized spacial score (nSPS) is 17.6. The summed E-state index contributed by atoms with van der Waals surface area (Å²) in [4.78, 5) is 23.1. The fourth-order valence-corrected chi connectivity index (χ4v) is 5.13. The van der Waals surface area contributed by atoms with Gasteiger partial charge in [-0.25, -0.2) is 4.68 Å². The van der Waals surface area contributed by atoms with Crippen LogP contribution in [0.1, 0.15) is 51.5 Å². The van der Waals surface area contributed by atoms with Crippen molar-refractivity contribution in [3.05, 3.63) is 54.6 Å². The Morgan fingerprint density at radius 2 is 1.68 bits per heavy atom. The minimum Gasteiger partial charge on any atom is -0.457 e. The van der Waals surface area contributed by atoms with E-state index >= 15 is 0 Å². The van der Waals surface area contributed by atoms with E-state index in [0.717, 1.165) is 54.9 Å². The van der Waals surface area contributed by atoms with Gasteiger partial charge in [-0.15, -0.1) is 0 Å². The Hall–Kier alpha value is -4.14. The lowest BCUT2D eigenvalue weighted by Gasteiger charge is -2.35. The third-order valence-electron chi connectivity index (χ3n) is 7.12. The Morgan fingerprint density at radius 1 is 1.00 bits per heavy atom. The van der Waals surface area contributed by atoms with Gasteiger partial charge in [0, 0.05) is 25.1 Å². The number of nitrogen functional groups attached to an aromatic ring is 2. The molecule has 1 amide bonds. The summed E-state index contributed by atoms with van der Waals surface area (Å²) in [5, 5.41) is 5.69. The van der Waals surface area contributed by atoms with Gasteiger partial charge in [0.25, 0.3) is 0 Å². The average Bonchev–Trinajstić information content (AvgIpc) is 3.29. The van der Waals surface area contributed by atoms with Crippen molar-refractivity contribution in [1.29, 1.82) is 0 Å². The molecule has 9 nitrogen and oxygen atoms in total. The number of ether oxygens (including phenoxy) is 1. The van der Waals surface area contributed by atoms with Gasteiger partial charge in [0.15, 0.2) is 5.65 Å². The molecule has 192 valence electrons. The summed E-state index contributed by atoms with van der Waals surface area (Å²) in [7, 11) is 1.92. The number of carbonyl (C=O) groups is 1. The standard InChI is InChI=1S/C28H33N7O2/c1-3-7-23(36)34(2)19-12-14-20(15-13-19)35-27-24(26(29)31-28(30)32-27)25(33-35)18-10-16-22(17-11-18)37-21-8-5-4-6-9-21/h4-6,8-11,16-17,19-20H,3,7,12-15H2,1-2H3,(H4,29,30,31,32). The molecular formula is C28H33N7O2. The number of benzene rings is 2. The Balaban J connectivity index is 1.42. The summed E-state index contributed by atoms with van der Waals surface area (Å²) in [6.45, 7) is 2.03. The van der Waals surface area contributed by atoms with E-state index in [1.165, 1.54) is 0 Å². The van der Waals surface area contributed by atoms with Crippen molar-refractivity contribution in [2.24, 2.45) is 0 Å². The van der Waals surface area contributed by atoms with Crippen molar-refractivity contribution in [3.8, 4) is 22.8 Å². The van der Waals surface area contributed by atoms with Gasteiger partial charge in [-0.3, -0.25) is 4.79 Å². The van der Waals surface area contributed by atoms with E-state index in [1.807, 2.05) is 78.2 Å². The highest BCUT2D eigenvalue weighted by molar-refractivity contribution is 5.99. The van der Waals surface area contributed by atoms with Crippen molar-refractivity contribution in [1.82, 2.24) is 24.6 Å². The van der Waals surface area contributed by atoms with Crippen molar-refractivity contribution in [3.63, 3.8) is 0 Å². The number of amides is 1. The van der Waals surface area contributed by atoms with Gasteiger partial charge in [0.2, 0.25) is 11.9 Å². The lowest BCUT2D eigenvalue weighted by atomic mass is 9.90. The Labute approximate surface area is 216 Å². The molecule has 1 aliphatic rings. The SMILES string of the molecule is CCCC(=O)N(C)C1CCC(n2nc(-c3ccc(Oc4ccccc4)cc3)c3c(N)nc(N)nc32)CC1. The molecular weight excluding hydrogens is 466 g/mol. The molecule has 1 fully saturated rings. The van der Waals surface area contributed by atoms with E-state index in [9.17, 15) is 4.79 Å². The smallest absolute Gasteiger partial charge is 0.224 e. The molecule has 4 aromatic rings. The number of aromatic nitrogens is 4. The maximum absolute atomic E-state index is 12.4. The molecule has 0 radical (unpaired) electrons. The minimum atomic E-state index is 0.128. The van der Waals surface area contributed by atoms with Crippen LogP contribution in [0.3, 0.4) is 0 Å². The van der Waals surface area contributed by atoms with Crippen LogP contribution in [0.5, 0.6) is 11.5 Å². The summed E-state index contributed by atoms with van der Waals surface area (Å²) < 4.78 is 7.89. The van der Waals surface area contributed by atoms with Crippen molar-refractivity contribution in [2.45, 2.75) is 57.5 Å². The summed E-state index contributed by atoms with van der Waals surface area (Å²) in [5.74, 6) is 2.16. The zero-order valence-corrected chi connectivity index (χ0v) is 21.3. The number of nitrogens with zero attached hydrogens (tertiary/aromatic N) is 5. The predicted molar refractivity (Wildman–Crippen MR) is 145 cm³/mol. The molecule has 4 N–H and O–H groups in total. The molecule has 0 aliphatic heterocycles. The van der Waals surface area contributed by atoms with Crippen LogP contribution in [0, 0.1) is 0 Å². The molecule has 5 rings (SSSR count). The summed E-state index contributed by atoms with van der Waals surface area (Å²) in [6.07, 6.45) is 5.05. The number of para-hydroxylation sites is 1. The third-order valence-corrected chi connectivity index (χ3v) is 7.12. The Kier molecular flexibility index (Phi) is 6.94. The van der Waals surface area contributed by atoms with Crippen molar-refractivity contribution >= 4 is 28.7 Å². The zero-order valence-electron chi connectivity index (χ0n) is 21.3. The van der Waals surface area contributed by atoms with E-state index in [1.54, 1.807) is 0 Å². The van der Waals surface area contributed by atoms with Gasteiger partial charge in [0.05, 0.1) is 11.4 Å². The molecule has 0 unspecified atom stereocenters. The molecule has 0 bridgehead atoms. The van der Waals surface area contributed by atoms with Crippen molar-refractivity contribution in [2.75, 3.05) is 18.5 Å². The fraction of sp³-hybridized carbons (Fsp3) is 0.357. The van der Waals surface area contributed by atoms with E-state index in [-0.39, 0.29) is 23.9 Å². The monoisotopic (exact) mass is 499 g/mol. The topological polar surface area (TPSA) is 125 Å². The number of nitrogens with two attached hydrogens (primary N) is 2. The largest absolute Gasteiger partial charge is 0.457 e.